The molecule has 0 fully saturated rings. The van der Waals surface area contributed by atoms with Crippen LogP contribution in [0.25, 0.3) is 10.4 Å². The molecule has 9 heteroatoms. The molecule has 3 atom stereocenters. The number of nitrogens with zero attached hydrogens (tertiary/aromatic N) is 3. The van der Waals surface area contributed by atoms with Gasteiger partial charge in [-0.15, -0.1) is 0 Å². The highest BCUT2D eigenvalue weighted by molar-refractivity contribution is 6.99. The Kier molecular flexibility index (Phi) is 19.1. The van der Waals surface area contributed by atoms with Crippen LogP contribution in [0.4, 0.5) is 0 Å². The van der Waals surface area contributed by atoms with Crippen molar-refractivity contribution in [1.29, 1.82) is 0 Å². The number of ether oxygens (including phenoxy) is 2. The maximum absolute atomic E-state index is 13.9. The third kappa shape index (κ3) is 13.7. The molecule has 0 saturated carbocycles. The lowest BCUT2D eigenvalue weighted by Gasteiger charge is -2.44. The first kappa shape index (κ1) is 45.0. The Morgan fingerprint density at radius 2 is 1.02 bits per heavy atom. The van der Waals surface area contributed by atoms with Gasteiger partial charge in [0.05, 0.1) is 11.1 Å². The lowest BCUT2D eigenvalue weighted by Crippen LogP contribution is -2.67. The Hall–Kier alpha value is -4.69. The number of benzene rings is 4. The fourth-order valence-corrected chi connectivity index (χ4v) is 12.2. The second kappa shape index (κ2) is 24.2. The van der Waals surface area contributed by atoms with Crippen LogP contribution in [0.3, 0.4) is 0 Å². The Bertz CT molecular complexity index is 1740. The van der Waals surface area contributed by atoms with Gasteiger partial charge < -0.3 is 13.9 Å². The fraction of sp³-hybridized carbons (Fsp3) is 0.458. The molecule has 0 heterocycles. The molecule has 0 aliphatic carbocycles. The minimum absolute atomic E-state index is 0.0676. The molecule has 0 bridgehead atoms. The van der Waals surface area contributed by atoms with Crippen molar-refractivity contribution in [3.05, 3.63) is 143 Å². The average Bonchev–Trinajstić information content (AvgIpc) is 3.23. The van der Waals surface area contributed by atoms with E-state index in [1.54, 1.807) is 48.5 Å². The van der Waals surface area contributed by atoms with E-state index in [1.807, 2.05) is 48.5 Å². The Morgan fingerprint density at radius 1 is 0.614 bits per heavy atom. The van der Waals surface area contributed by atoms with Gasteiger partial charge in [0, 0.05) is 11.5 Å². The average molecular weight is 790 g/mol. The first-order chi connectivity index (χ1) is 27.7. The minimum atomic E-state index is -3.10. The molecule has 0 unspecified atom stereocenters. The van der Waals surface area contributed by atoms with Crippen LogP contribution in [-0.4, -0.2) is 45.1 Å². The first-order valence-corrected chi connectivity index (χ1v) is 22.9. The van der Waals surface area contributed by atoms with E-state index < -0.39 is 38.5 Å². The van der Waals surface area contributed by atoms with Gasteiger partial charge in [-0.1, -0.05) is 201 Å². The van der Waals surface area contributed by atoms with Gasteiger partial charge >= 0.3 is 11.9 Å². The summed E-state index contributed by atoms with van der Waals surface area (Å²) >= 11 is 0. The maximum atomic E-state index is 13.9. The molecule has 0 N–H and O–H groups in total. The summed E-state index contributed by atoms with van der Waals surface area (Å²) in [4.78, 5) is 30.9. The van der Waals surface area contributed by atoms with Crippen LogP contribution in [0.5, 0.6) is 0 Å². The first-order valence-electron chi connectivity index (χ1n) is 21.0. The van der Waals surface area contributed by atoms with Crippen molar-refractivity contribution in [3.63, 3.8) is 0 Å². The van der Waals surface area contributed by atoms with Gasteiger partial charge in [-0.3, -0.25) is 0 Å². The number of esters is 2. The molecule has 0 aromatic heterocycles. The van der Waals surface area contributed by atoms with Crippen LogP contribution >= 0.6 is 0 Å². The van der Waals surface area contributed by atoms with E-state index in [0.717, 1.165) is 36.1 Å². The molecular formula is C48H63N3O5Si. The number of hydrogen-bond acceptors (Lipinski definition) is 6. The number of azide groups is 1. The number of unbranched alkanes of at least 4 members (excludes halogenated alkanes) is 11. The standard InChI is InChI=1S/C48H63N3O5Si/c1-5-6-7-8-9-10-11-12-13-14-15-28-37-44(55-46(52)39-29-20-16-21-30-39)45(56-47(53)40-31-22-17-23-32-40)43(50-51-49)38-54-57(48(2,3)4,41-33-24-18-25-34-41)42-35-26-19-27-36-42/h16-27,29-36,43-45H,5-15,28,37-38H2,1-4H3/t43-,44+,45-/m0/s1. The minimum Gasteiger partial charge on any atom is -0.455 e. The zero-order valence-corrected chi connectivity index (χ0v) is 35.6. The number of rotatable bonds is 25. The van der Waals surface area contributed by atoms with Crippen molar-refractivity contribution in [2.75, 3.05) is 6.61 Å². The molecule has 0 aliphatic rings. The van der Waals surface area contributed by atoms with Gasteiger partial charge in [0.2, 0.25) is 0 Å². The highest BCUT2D eigenvalue weighted by Gasteiger charge is 2.51. The van der Waals surface area contributed by atoms with Crippen LogP contribution in [0.1, 0.15) is 132 Å². The summed E-state index contributed by atoms with van der Waals surface area (Å²) in [7, 11) is -3.10. The predicted octanol–water partition coefficient (Wildman–Crippen LogP) is 11.8. The van der Waals surface area contributed by atoms with Gasteiger partial charge in [-0.25, -0.2) is 9.59 Å². The number of carbonyl (C=O) groups excluding carboxylic acids is 2. The van der Waals surface area contributed by atoms with E-state index in [4.69, 9.17) is 13.9 Å². The molecule has 4 aromatic carbocycles. The molecule has 8 nitrogen and oxygen atoms in total. The third-order valence-electron chi connectivity index (χ3n) is 10.7. The third-order valence-corrected chi connectivity index (χ3v) is 15.7. The zero-order chi connectivity index (χ0) is 40.8. The monoisotopic (exact) mass is 789 g/mol. The summed E-state index contributed by atoms with van der Waals surface area (Å²) in [6.07, 6.45) is 12.5. The smallest absolute Gasteiger partial charge is 0.338 e. The van der Waals surface area contributed by atoms with E-state index in [2.05, 4.69) is 62.0 Å². The molecule has 0 aliphatic heterocycles. The maximum Gasteiger partial charge on any atom is 0.338 e. The van der Waals surface area contributed by atoms with Gasteiger partial charge in [0.1, 0.15) is 18.2 Å². The summed E-state index contributed by atoms with van der Waals surface area (Å²) in [6, 6.07) is 36.9. The van der Waals surface area contributed by atoms with E-state index in [0.29, 0.717) is 17.5 Å². The molecular weight excluding hydrogens is 727 g/mol. The zero-order valence-electron chi connectivity index (χ0n) is 34.6. The fourth-order valence-electron chi connectivity index (χ4n) is 7.66. The second-order valence-electron chi connectivity index (χ2n) is 16.0. The largest absolute Gasteiger partial charge is 0.455 e. The Morgan fingerprint density at radius 3 is 1.44 bits per heavy atom. The van der Waals surface area contributed by atoms with Crippen LogP contribution in [0.15, 0.2) is 126 Å². The van der Waals surface area contributed by atoms with E-state index in [-0.39, 0.29) is 11.6 Å². The highest BCUT2D eigenvalue weighted by Crippen LogP contribution is 2.37. The van der Waals surface area contributed by atoms with Crippen LogP contribution < -0.4 is 10.4 Å². The summed E-state index contributed by atoms with van der Waals surface area (Å²) in [5.74, 6) is -1.13. The van der Waals surface area contributed by atoms with Crippen molar-refractivity contribution in [2.24, 2.45) is 5.11 Å². The van der Waals surface area contributed by atoms with E-state index >= 15 is 0 Å². The predicted molar refractivity (Wildman–Crippen MR) is 233 cm³/mol. The van der Waals surface area contributed by atoms with E-state index in [1.165, 1.54) is 51.4 Å². The Balaban J connectivity index is 1.64. The normalized spacial score (nSPS) is 13.2. The SMILES string of the molecule is CCCCCCCCCCCCCC[C@@H](OC(=O)c1ccccc1)[C@@H](OC(=O)c1ccccc1)[C@H](CO[Si](c1ccccc1)(c1ccccc1)C(C)(C)C)N=[N+]=[N-]. The lowest BCUT2D eigenvalue weighted by molar-refractivity contribution is -0.0517. The summed E-state index contributed by atoms with van der Waals surface area (Å²) in [5, 5.41) is 6.02. The number of hydrogen-bond donors (Lipinski definition) is 0. The van der Waals surface area contributed by atoms with Crippen LogP contribution in [0.2, 0.25) is 5.04 Å². The summed E-state index contributed by atoms with van der Waals surface area (Å²) < 4.78 is 19.9. The molecule has 0 saturated heterocycles. The number of carbonyl (C=O) groups is 2. The van der Waals surface area contributed by atoms with Gasteiger partial charge in [0.25, 0.3) is 8.32 Å². The quantitative estimate of drug-likeness (QED) is 0.0166. The molecule has 4 aromatic rings. The van der Waals surface area contributed by atoms with E-state index in [9.17, 15) is 15.1 Å². The van der Waals surface area contributed by atoms with Crippen molar-refractivity contribution >= 4 is 30.6 Å². The van der Waals surface area contributed by atoms with Gasteiger partial charge in [0.15, 0.2) is 0 Å². The van der Waals surface area contributed by atoms with Gasteiger partial charge in [-0.05, 0) is 58.0 Å². The second-order valence-corrected chi connectivity index (χ2v) is 20.3. The highest BCUT2D eigenvalue weighted by atomic mass is 28.4. The van der Waals surface area contributed by atoms with Crippen molar-refractivity contribution in [2.45, 2.75) is 134 Å². The molecule has 4 rings (SSSR count). The molecule has 0 radical (unpaired) electrons. The van der Waals surface area contributed by atoms with Crippen LogP contribution in [-0.2, 0) is 13.9 Å². The molecule has 0 spiro atoms. The molecule has 0 amide bonds. The molecule has 57 heavy (non-hydrogen) atoms. The van der Waals surface area contributed by atoms with Crippen molar-refractivity contribution in [1.82, 2.24) is 0 Å². The van der Waals surface area contributed by atoms with Gasteiger partial charge in [-0.2, -0.15) is 0 Å². The summed E-state index contributed by atoms with van der Waals surface area (Å²) in [6.45, 7) is 8.70. The summed E-state index contributed by atoms with van der Waals surface area (Å²) in [5.41, 5.74) is 10.8. The lowest BCUT2D eigenvalue weighted by atomic mass is 9.99. The van der Waals surface area contributed by atoms with Crippen molar-refractivity contribution in [3.8, 4) is 0 Å². The van der Waals surface area contributed by atoms with Crippen molar-refractivity contribution < 1.29 is 23.5 Å². The Labute approximate surface area is 342 Å². The molecule has 304 valence electrons. The topological polar surface area (TPSA) is 111 Å². The van der Waals surface area contributed by atoms with Crippen LogP contribution in [0, 0.1) is 0 Å².